The molecule has 1 aliphatic carbocycles. The quantitative estimate of drug-likeness (QED) is 0.507. The Morgan fingerprint density at radius 3 is 2.71 bits per heavy atom. The summed E-state index contributed by atoms with van der Waals surface area (Å²) in [5.74, 6) is 0.459. The van der Waals surface area contributed by atoms with Crippen LogP contribution in [0.5, 0.6) is 0 Å². The molecular weight excluding hydrogens is 172 g/mol. The van der Waals surface area contributed by atoms with Crippen molar-refractivity contribution >= 4 is 0 Å². The molecule has 1 heteroatoms. The molecule has 1 saturated carbocycles. The zero-order chi connectivity index (χ0) is 10.2. The van der Waals surface area contributed by atoms with E-state index < -0.39 is 0 Å². The molecule has 0 bridgehead atoms. The summed E-state index contributed by atoms with van der Waals surface area (Å²) in [4.78, 5) is 0. The van der Waals surface area contributed by atoms with E-state index in [0.29, 0.717) is 5.92 Å². The van der Waals surface area contributed by atoms with Gasteiger partial charge in [0, 0.05) is 5.92 Å². The summed E-state index contributed by atoms with van der Waals surface area (Å²) < 4.78 is 0. The summed E-state index contributed by atoms with van der Waals surface area (Å²) in [5.41, 5.74) is 0. The van der Waals surface area contributed by atoms with Gasteiger partial charge in [0.25, 0.3) is 0 Å². The third kappa shape index (κ3) is 4.28. The predicted octanol–water partition coefficient (Wildman–Crippen LogP) is 3.67. The lowest BCUT2D eigenvalue weighted by Crippen LogP contribution is -2.09. The van der Waals surface area contributed by atoms with Gasteiger partial charge in [-0.3, -0.25) is 0 Å². The van der Waals surface area contributed by atoms with Crippen LogP contribution in [0, 0.1) is 5.92 Å². The smallest absolute Gasteiger partial charge is 0.0602 e. The summed E-state index contributed by atoms with van der Waals surface area (Å²) in [6.07, 6.45) is 14.4. The highest BCUT2D eigenvalue weighted by Crippen LogP contribution is 2.26. The van der Waals surface area contributed by atoms with Crippen LogP contribution in [0.4, 0.5) is 0 Å². The van der Waals surface area contributed by atoms with E-state index in [0.717, 1.165) is 6.42 Å². The fourth-order valence-corrected chi connectivity index (χ4v) is 2.15. The van der Waals surface area contributed by atoms with Crippen molar-refractivity contribution in [1.29, 1.82) is 0 Å². The Hall–Kier alpha value is -0.300. The molecule has 82 valence electrons. The Kier molecular flexibility index (Phi) is 5.93. The zero-order valence-corrected chi connectivity index (χ0v) is 9.41. The lowest BCUT2D eigenvalue weighted by atomic mass is 10.0. The second-order valence-corrected chi connectivity index (χ2v) is 4.44. The second-order valence-electron chi connectivity index (χ2n) is 4.44. The Labute approximate surface area is 88.2 Å². The van der Waals surface area contributed by atoms with Crippen molar-refractivity contribution in [2.45, 2.75) is 64.4 Å². The first kappa shape index (κ1) is 11.8. The molecule has 2 atom stereocenters. The van der Waals surface area contributed by atoms with Crippen LogP contribution in [0.25, 0.3) is 0 Å². The minimum absolute atomic E-state index is 0.0538. The van der Waals surface area contributed by atoms with Gasteiger partial charge in [-0.2, -0.15) is 0 Å². The van der Waals surface area contributed by atoms with Crippen molar-refractivity contribution in [1.82, 2.24) is 0 Å². The largest absolute Gasteiger partial charge is 0.393 e. The molecule has 0 amide bonds. The molecule has 0 saturated heterocycles. The topological polar surface area (TPSA) is 20.2 Å². The second kappa shape index (κ2) is 7.05. The average molecular weight is 196 g/mol. The van der Waals surface area contributed by atoms with Gasteiger partial charge >= 0.3 is 0 Å². The molecule has 0 aliphatic heterocycles. The molecule has 1 fully saturated rings. The van der Waals surface area contributed by atoms with E-state index in [-0.39, 0.29) is 6.10 Å². The Morgan fingerprint density at radius 2 is 2.07 bits per heavy atom. The molecule has 0 radical (unpaired) electrons. The SMILES string of the molecule is CCCCCC/C=C/[C@@H]1CCC[C@H]1O. The number of hydrogen-bond donors (Lipinski definition) is 1. The Bertz CT molecular complexity index is 163. The maximum atomic E-state index is 9.58. The highest BCUT2D eigenvalue weighted by molar-refractivity contribution is 4.94. The van der Waals surface area contributed by atoms with Crippen LogP contribution in [0.15, 0.2) is 12.2 Å². The number of aliphatic hydroxyl groups is 1. The summed E-state index contributed by atoms with van der Waals surface area (Å²) in [5, 5.41) is 9.58. The molecule has 14 heavy (non-hydrogen) atoms. The molecule has 0 aromatic rings. The van der Waals surface area contributed by atoms with Gasteiger partial charge in [0.05, 0.1) is 6.10 Å². The maximum absolute atomic E-state index is 9.58. The highest BCUT2D eigenvalue weighted by Gasteiger charge is 2.21. The summed E-state index contributed by atoms with van der Waals surface area (Å²) >= 11 is 0. The van der Waals surface area contributed by atoms with E-state index in [9.17, 15) is 5.11 Å². The minimum atomic E-state index is -0.0538. The average Bonchev–Trinajstić information content (AvgIpc) is 2.58. The first-order valence-electron chi connectivity index (χ1n) is 6.19. The first-order valence-corrected chi connectivity index (χ1v) is 6.19. The molecular formula is C13H24O. The number of hydrogen-bond acceptors (Lipinski definition) is 1. The van der Waals surface area contributed by atoms with E-state index in [1.165, 1.54) is 44.9 Å². The Balaban J connectivity index is 2.02. The van der Waals surface area contributed by atoms with Crippen LogP contribution in [-0.4, -0.2) is 11.2 Å². The van der Waals surface area contributed by atoms with Gasteiger partial charge in [-0.25, -0.2) is 0 Å². The molecule has 0 heterocycles. The highest BCUT2D eigenvalue weighted by atomic mass is 16.3. The molecule has 1 aliphatic rings. The van der Waals surface area contributed by atoms with Crippen molar-refractivity contribution in [2.75, 3.05) is 0 Å². The van der Waals surface area contributed by atoms with Crippen LogP contribution < -0.4 is 0 Å². The molecule has 0 aromatic carbocycles. The van der Waals surface area contributed by atoms with Gasteiger partial charge in [0.2, 0.25) is 0 Å². The zero-order valence-electron chi connectivity index (χ0n) is 9.41. The molecule has 0 spiro atoms. The molecule has 1 nitrogen and oxygen atoms in total. The summed E-state index contributed by atoms with van der Waals surface area (Å²) in [6, 6.07) is 0. The van der Waals surface area contributed by atoms with Gasteiger partial charge in [0.1, 0.15) is 0 Å². The van der Waals surface area contributed by atoms with Crippen LogP contribution >= 0.6 is 0 Å². The van der Waals surface area contributed by atoms with Gasteiger partial charge < -0.3 is 5.11 Å². The summed E-state index contributed by atoms with van der Waals surface area (Å²) in [6.45, 7) is 2.24. The maximum Gasteiger partial charge on any atom is 0.0602 e. The third-order valence-electron chi connectivity index (χ3n) is 3.14. The fourth-order valence-electron chi connectivity index (χ4n) is 2.15. The van der Waals surface area contributed by atoms with Gasteiger partial charge in [-0.15, -0.1) is 0 Å². The van der Waals surface area contributed by atoms with E-state index in [1.54, 1.807) is 0 Å². The fraction of sp³-hybridized carbons (Fsp3) is 0.846. The van der Waals surface area contributed by atoms with E-state index in [4.69, 9.17) is 0 Å². The number of allylic oxidation sites excluding steroid dienone is 1. The molecule has 0 unspecified atom stereocenters. The monoisotopic (exact) mass is 196 g/mol. The molecule has 1 N–H and O–H groups in total. The van der Waals surface area contributed by atoms with Crippen LogP contribution in [0.1, 0.15) is 58.3 Å². The van der Waals surface area contributed by atoms with Crippen molar-refractivity contribution in [3.8, 4) is 0 Å². The summed E-state index contributed by atoms with van der Waals surface area (Å²) in [7, 11) is 0. The van der Waals surface area contributed by atoms with E-state index in [1.807, 2.05) is 0 Å². The lowest BCUT2D eigenvalue weighted by Gasteiger charge is -2.07. The predicted molar refractivity (Wildman–Crippen MR) is 61.2 cm³/mol. The van der Waals surface area contributed by atoms with Crippen molar-refractivity contribution in [2.24, 2.45) is 5.92 Å². The number of rotatable bonds is 6. The van der Waals surface area contributed by atoms with Crippen LogP contribution in [0.2, 0.25) is 0 Å². The van der Waals surface area contributed by atoms with Crippen LogP contribution in [0.3, 0.4) is 0 Å². The van der Waals surface area contributed by atoms with Crippen LogP contribution in [-0.2, 0) is 0 Å². The Morgan fingerprint density at radius 1 is 1.21 bits per heavy atom. The van der Waals surface area contributed by atoms with Gasteiger partial charge in [-0.05, 0) is 25.7 Å². The van der Waals surface area contributed by atoms with Crippen molar-refractivity contribution in [3.63, 3.8) is 0 Å². The normalized spacial score (nSPS) is 27.6. The minimum Gasteiger partial charge on any atom is -0.393 e. The first-order chi connectivity index (χ1) is 6.84. The van der Waals surface area contributed by atoms with E-state index in [2.05, 4.69) is 19.1 Å². The number of unbranched alkanes of at least 4 members (excludes halogenated alkanes) is 4. The standard InChI is InChI=1S/C13H24O/c1-2-3-4-5-6-7-9-12-10-8-11-13(12)14/h7,9,12-14H,2-6,8,10-11H2,1H3/b9-7+/t12-,13-/m1/s1. The van der Waals surface area contributed by atoms with Crippen molar-refractivity contribution < 1.29 is 5.11 Å². The molecule has 1 rings (SSSR count). The van der Waals surface area contributed by atoms with E-state index >= 15 is 0 Å². The van der Waals surface area contributed by atoms with Gasteiger partial charge in [-0.1, -0.05) is 44.8 Å². The third-order valence-corrected chi connectivity index (χ3v) is 3.14. The number of aliphatic hydroxyl groups excluding tert-OH is 1. The van der Waals surface area contributed by atoms with Crippen molar-refractivity contribution in [3.05, 3.63) is 12.2 Å². The lowest BCUT2D eigenvalue weighted by molar-refractivity contribution is 0.153. The van der Waals surface area contributed by atoms with Gasteiger partial charge in [0.15, 0.2) is 0 Å². The molecule has 0 aromatic heterocycles.